The molecule has 1 aliphatic rings. The van der Waals surface area contributed by atoms with Crippen LogP contribution in [-0.2, 0) is 0 Å². The van der Waals surface area contributed by atoms with Crippen LogP contribution >= 0.6 is 0 Å². The summed E-state index contributed by atoms with van der Waals surface area (Å²) in [5.74, 6) is -2.13. The summed E-state index contributed by atoms with van der Waals surface area (Å²) in [6, 6.07) is 8.41. The molecule has 0 bridgehead atoms. The minimum absolute atomic E-state index is 0.00838. The lowest BCUT2D eigenvalue weighted by Gasteiger charge is -2.29. The number of carbonyl (C=O) groups is 2. The van der Waals surface area contributed by atoms with E-state index in [9.17, 15) is 27.2 Å². The van der Waals surface area contributed by atoms with Crippen molar-refractivity contribution in [2.24, 2.45) is 5.73 Å². The zero-order valence-corrected chi connectivity index (χ0v) is 16.7. The smallest absolute Gasteiger partial charge is 0.490 e. The molecule has 4 N–H and O–H groups in total. The van der Waals surface area contributed by atoms with Crippen LogP contribution in [0.25, 0.3) is 0 Å². The normalized spacial score (nSPS) is 18.5. The molecule has 3 amide bonds. The molecule has 11 heteroatoms. The van der Waals surface area contributed by atoms with Gasteiger partial charge >= 0.3 is 12.4 Å². The largest absolute Gasteiger partial charge is 0.573 e. The van der Waals surface area contributed by atoms with E-state index in [0.29, 0.717) is 37.0 Å². The van der Waals surface area contributed by atoms with E-state index in [1.807, 2.05) is 0 Å². The molecule has 2 aromatic rings. The number of hydrogen-bond donors (Lipinski definition) is 3. The van der Waals surface area contributed by atoms with Gasteiger partial charge in [-0.15, -0.1) is 13.2 Å². The first-order valence-corrected chi connectivity index (χ1v) is 9.78. The van der Waals surface area contributed by atoms with Crippen molar-refractivity contribution in [1.82, 2.24) is 5.32 Å². The van der Waals surface area contributed by atoms with E-state index in [1.54, 1.807) is 24.3 Å². The van der Waals surface area contributed by atoms with Gasteiger partial charge in [-0.05, 0) is 62.1 Å². The molecule has 0 unspecified atom stereocenters. The maximum atomic E-state index is 13.7. The lowest BCUT2D eigenvalue weighted by atomic mass is 9.93. The summed E-state index contributed by atoms with van der Waals surface area (Å²) in [6.07, 6.45) is -2.41. The Bertz CT molecular complexity index is 959. The number of benzene rings is 2. The Morgan fingerprint density at radius 1 is 1.00 bits per heavy atom. The zero-order chi connectivity index (χ0) is 23.3. The number of hydrogen-bond acceptors (Lipinski definition) is 4. The van der Waals surface area contributed by atoms with Crippen molar-refractivity contribution in [3.63, 3.8) is 0 Å². The van der Waals surface area contributed by atoms with E-state index in [0.717, 1.165) is 18.2 Å². The van der Waals surface area contributed by atoms with Gasteiger partial charge in [0.1, 0.15) is 5.75 Å². The van der Waals surface area contributed by atoms with Gasteiger partial charge in [0.15, 0.2) is 11.6 Å². The highest BCUT2D eigenvalue weighted by atomic mass is 19.4. The van der Waals surface area contributed by atoms with Crippen molar-refractivity contribution in [2.45, 2.75) is 44.2 Å². The maximum absolute atomic E-state index is 13.7. The Hall–Kier alpha value is -3.50. The molecule has 0 heterocycles. The summed E-state index contributed by atoms with van der Waals surface area (Å²) >= 11 is 0. The molecule has 3 rings (SSSR count). The van der Waals surface area contributed by atoms with Crippen molar-refractivity contribution in [2.75, 3.05) is 5.32 Å². The lowest BCUT2D eigenvalue weighted by Crippen LogP contribution is -2.41. The lowest BCUT2D eigenvalue weighted by molar-refractivity contribution is -0.275. The predicted molar refractivity (Wildman–Crippen MR) is 107 cm³/mol. The van der Waals surface area contributed by atoms with Crippen molar-refractivity contribution >= 4 is 17.6 Å². The molecule has 172 valence electrons. The summed E-state index contributed by atoms with van der Waals surface area (Å²) in [6.45, 7) is 0. The van der Waals surface area contributed by atoms with E-state index >= 15 is 0 Å². The SMILES string of the molecule is NC(=O)c1ccc(OC2CCC(NC(=O)Nc3ccc(OC(F)(F)F)c(F)c3)CC2)cc1. The second kappa shape index (κ2) is 9.75. The molecule has 7 nitrogen and oxygen atoms in total. The van der Waals surface area contributed by atoms with Crippen LogP contribution in [0.1, 0.15) is 36.0 Å². The number of primary amides is 1. The number of urea groups is 1. The van der Waals surface area contributed by atoms with Gasteiger partial charge in [0, 0.05) is 23.4 Å². The third-order valence-electron chi connectivity index (χ3n) is 4.87. The van der Waals surface area contributed by atoms with Gasteiger partial charge in [-0.25, -0.2) is 9.18 Å². The average Bonchev–Trinajstić information content (AvgIpc) is 2.71. The zero-order valence-electron chi connectivity index (χ0n) is 16.7. The van der Waals surface area contributed by atoms with Gasteiger partial charge in [-0.1, -0.05) is 0 Å². The van der Waals surface area contributed by atoms with Gasteiger partial charge in [-0.3, -0.25) is 4.79 Å². The molecule has 1 aliphatic carbocycles. The molecular weight excluding hydrogens is 434 g/mol. The van der Waals surface area contributed by atoms with E-state index in [-0.39, 0.29) is 17.8 Å². The van der Waals surface area contributed by atoms with Crippen molar-refractivity contribution < 1.29 is 36.6 Å². The average molecular weight is 455 g/mol. The van der Waals surface area contributed by atoms with Gasteiger partial charge in [-0.2, -0.15) is 0 Å². The Balaban J connectivity index is 1.44. The first-order chi connectivity index (χ1) is 15.1. The van der Waals surface area contributed by atoms with Gasteiger partial charge < -0.3 is 25.8 Å². The highest BCUT2D eigenvalue weighted by Crippen LogP contribution is 2.28. The second-order valence-corrected chi connectivity index (χ2v) is 7.27. The number of rotatable bonds is 6. The molecule has 0 saturated heterocycles. The Morgan fingerprint density at radius 2 is 1.66 bits per heavy atom. The summed E-state index contributed by atoms with van der Waals surface area (Å²) in [5.41, 5.74) is 5.58. The quantitative estimate of drug-likeness (QED) is 0.564. The van der Waals surface area contributed by atoms with Crippen molar-refractivity contribution in [3.05, 3.63) is 53.8 Å². The molecule has 1 fully saturated rings. The number of carbonyl (C=O) groups excluding carboxylic acids is 2. The summed E-state index contributed by atoms with van der Waals surface area (Å²) in [7, 11) is 0. The summed E-state index contributed by atoms with van der Waals surface area (Å²) < 4.78 is 59.7. The standard InChI is InChI=1S/C21H21F4N3O4/c22-17-11-14(5-10-18(17)32-21(23,24)25)28-20(30)27-13-3-8-16(9-4-13)31-15-6-1-12(2-7-15)19(26)29/h1-2,5-7,10-11,13,16H,3-4,8-9H2,(H2,26,29)(H2,27,28,30). The molecular formula is C21H21F4N3O4. The topological polar surface area (TPSA) is 103 Å². The first-order valence-electron chi connectivity index (χ1n) is 9.78. The van der Waals surface area contributed by atoms with Crippen LogP contribution in [0.2, 0.25) is 0 Å². The third kappa shape index (κ3) is 6.76. The Kier molecular flexibility index (Phi) is 7.06. The molecule has 0 aromatic heterocycles. The predicted octanol–water partition coefficient (Wildman–Crippen LogP) is 4.33. The highest BCUT2D eigenvalue weighted by molar-refractivity contribution is 5.92. The number of nitrogens with one attached hydrogen (secondary N) is 2. The number of ether oxygens (including phenoxy) is 2. The molecule has 0 spiro atoms. The number of alkyl halides is 3. The fourth-order valence-corrected chi connectivity index (χ4v) is 3.35. The van der Waals surface area contributed by atoms with Crippen LogP contribution in [0.5, 0.6) is 11.5 Å². The van der Waals surface area contributed by atoms with Crippen LogP contribution in [0.3, 0.4) is 0 Å². The molecule has 1 saturated carbocycles. The molecule has 32 heavy (non-hydrogen) atoms. The fraction of sp³-hybridized carbons (Fsp3) is 0.333. The number of nitrogens with two attached hydrogens (primary N) is 1. The Morgan fingerprint density at radius 3 is 2.22 bits per heavy atom. The van der Waals surface area contributed by atoms with Crippen molar-refractivity contribution in [3.8, 4) is 11.5 Å². The fourth-order valence-electron chi connectivity index (χ4n) is 3.35. The van der Waals surface area contributed by atoms with Crippen LogP contribution in [0, 0.1) is 5.82 Å². The minimum Gasteiger partial charge on any atom is -0.490 e. The van der Waals surface area contributed by atoms with E-state index < -0.39 is 29.9 Å². The molecule has 0 atom stereocenters. The van der Waals surface area contributed by atoms with Crippen LogP contribution in [0.15, 0.2) is 42.5 Å². The van der Waals surface area contributed by atoms with Gasteiger partial charge in [0.25, 0.3) is 0 Å². The summed E-state index contributed by atoms with van der Waals surface area (Å²) in [5, 5.41) is 5.14. The van der Waals surface area contributed by atoms with Gasteiger partial charge in [0.05, 0.1) is 6.10 Å². The van der Waals surface area contributed by atoms with Crippen LogP contribution < -0.4 is 25.8 Å². The number of amides is 3. The van der Waals surface area contributed by atoms with Gasteiger partial charge in [0.2, 0.25) is 5.91 Å². The van der Waals surface area contributed by atoms with E-state index in [2.05, 4.69) is 15.4 Å². The van der Waals surface area contributed by atoms with Crippen molar-refractivity contribution in [1.29, 1.82) is 0 Å². The highest BCUT2D eigenvalue weighted by Gasteiger charge is 2.32. The summed E-state index contributed by atoms with van der Waals surface area (Å²) in [4.78, 5) is 23.2. The van der Waals surface area contributed by atoms with Crippen LogP contribution in [0.4, 0.5) is 28.0 Å². The van der Waals surface area contributed by atoms with E-state index in [4.69, 9.17) is 10.5 Å². The number of anilines is 1. The number of halogens is 4. The third-order valence-corrected chi connectivity index (χ3v) is 4.87. The van der Waals surface area contributed by atoms with Crippen LogP contribution in [-0.4, -0.2) is 30.4 Å². The molecule has 0 radical (unpaired) electrons. The van der Waals surface area contributed by atoms with E-state index in [1.165, 1.54) is 0 Å². The monoisotopic (exact) mass is 455 g/mol. The molecule has 0 aliphatic heterocycles. The second-order valence-electron chi connectivity index (χ2n) is 7.27. The molecule has 2 aromatic carbocycles. The Labute approximate surface area is 180 Å². The maximum Gasteiger partial charge on any atom is 0.573 e. The first kappa shape index (κ1) is 23.2. The minimum atomic E-state index is -5.01.